The van der Waals surface area contributed by atoms with Crippen molar-refractivity contribution in [1.82, 2.24) is 5.32 Å². The maximum absolute atomic E-state index is 12.0. The minimum Gasteiger partial charge on any atom is -0.481 e. The molecule has 1 saturated carbocycles. The molecule has 3 N–H and O–H groups in total. The fourth-order valence-corrected chi connectivity index (χ4v) is 2.47. The minimum atomic E-state index is -0.863. The van der Waals surface area contributed by atoms with Crippen molar-refractivity contribution < 1.29 is 19.8 Å². The Bertz CT molecular complexity index is 293. The van der Waals surface area contributed by atoms with E-state index in [0.29, 0.717) is 25.8 Å². The Morgan fingerprint density at radius 2 is 1.89 bits per heavy atom. The van der Waals surface area contributed by atoms with Crippen LogP contribution in [0.5, 0.6) is 0 Å². The van der Waals surface area contributed by atoms with Crippen LogP contribution in [0.1, 0.15) is 39.0 Å². The smallest absolute Gasteiger partial charge is 0.307 e. The predicted molar refractivity (Wildman–Crippen MR) is 67.0 cm³/mol. The van der Waals surface area contributed by atoms with Gasteiger partial charge >= 0.3 is 5.97 Å². The normalized spacial score (nSPS) is 25.4. The van der Waals surface area contributed by atoms with Crippen molar-refractivity contribution in [2.75, 3.05) is 13.2 Å². The lowest BCUT2D eigenvalue weighted by Crippen LogP contribution is -2.41. The second kappa shape index (κ2) is 7.36. The summed E-state index contributed by atoms with van der Waals surface area (Å²) in [5, 5.41) is 20.7. The van der Waals surface area contributed by atoms with Crippen LogP contribution >= 0.6 is 0 Å². The zero-order valence-electron chi connectivity index (χ0n) is 10.9. The molecule has 0 aliphatic heterocycles. The number of aliphatic hydroxyl groups excluding tert-OH is 1. The third-order valence-electron chi connectivity index (χ3n) is 3.67. The molecule has 0 spiro atoms. The van der Waals surface area contributed by atoms with Gasteiger partial charge in [0.25, 0.3) is 0 Å². The highest BCUT2D eigenvalue weighted by Crippen LogP contribution is 2.30. The molecule has 1 amide bonds. The zero-order valence-corrected chi connectivity index (χ0v) is 10.9. The molecule has 1 aliphatic rings. The van der Waals surface area contributed by atoms with Gasteiger partial charge in [-0.05, 0) is 25.2 Å². The summed E-state index contributed by atoms with van der Waals surface area (Å²) in [6.07, 6.45) is 3.72. The highest BCUT2D eigenvalue weighted by atomic mass is 16.4. The Kier molecular flexibility index (Phi) is 6.12. The quantitative estimate of drug-likeness (QED) is 0.663. The van der Waals surface area contributed by atoms with E-state index in [1.54, 1.807) is 0 Å². The lowest BCUT2D eigenvalue weighted by molar-refractivity contribution is -0.148. The van der Waals surface area contributed by atoms with E-state index in [-0.39, 0.29) is 18.4 Å². The first-order chi connectivity index (χ1) is 8.56. The van der Waals surface area contributed by atoms with E-state index in [0.717, 1.165) is 12.8 Å². The van der Waals surface area contributed by atoms with Crippen LogP contribution < -0.4 is 5.32 Å². The molecule has 3 unspecified atom stereocenters. The number of aliphatic hydroxyl groups is 1. The fraction of sp³-hybridized carbons (Fsp3) is 0.846. The van der Waals surface area contributed by atoms with E-state index < -0.39 is 17.8 Å². The lowest BCUT2D eigenvalue weighted by Gasteiger charge is -2.27. The first kappa shape index (κ1) is 15.0. The number of carbonyl (C=O) groups is 2. The van der Waals surface area contributed by atoms with Gasteiger partial charge in [-0.1, -0.05) is 19.8 Å². The molecule has 0 bridgehead atoms. The van der Waals surface area contributed by atoms with Crippen molar-refractivity contribution in [1.29, 1.82) is 0 Å². The summed E-state index contributed by atoms with van der Waals surface area (Å²) < 4.78 is 0. The number of aliphatic carboxylic acids is 1. The number of nitrogens with one attached hydrogen (secondary N) is 1. The molecule has 1 aliphatic carbocycles. The maximum Gasteiger partial charge on any atom is 0.307 e. The highest BCUT2D eigenvalue weighted by Gasteiger charge is 2.35. The molecule has 1 rings (SSSR count). The van der Waals surface area contributed by atoms with Crippen LogP contribution in [0.3, 0.4) is 0 Å². The minimum absolute atomic E-state index is 0.109. The topological polar surface area (TPSA) is 86.6 Å². The molecular formula is C13H23NO4. The first-order valence-corrected chi connectivity index (χ1v) is 6.67. The molecule has 104 valence electrons. The molecule has 0 radical (unpaired) electrons. The van der Waals surface area contributed by atoms with E-state index in [4.69, 9.17) is 10.2 Å². The van der Waals surface area contributed by atoms with E-state index in [1.807, 2.05) is 6.92 Å². The van der Waals surface area contributed by atoms with Gasteiger partial charge < -0.3 is 15.5 Å². The van der Waals surface area contributed by atoms with Gasteiger partial charge in [0.2, 0.25) is 5.91 Å². The van der Waals surface area contributed by atoms with Crippen molar-refractivity contribution in [2.24, 2.45) is 17.8 Å². The molecule has 0 aromatic carbocycles. The van der Waals surface area contributed by atoms with Crippen LogP contribution in [0.15, 0.2) is 0 Å². The van der Waals surface area contributed by atoms with Crippen molar-refractivity contribution in [3.8, 4) is 0 Å². The molecule has 1 fully saturated rings. The van der Waals surface area contributed by atoms with Gasteiger partial charge in [0.05, 0.1) is 11.8 Å². The molecule has 0 aromatic heterocycles. The summed E-state index contributed by atoms with van der Waals surface area (Å²) in [6.45, 7) is 2.56. The van der Waals surface area contributed by atoms with Gasteiger partial charge in [-0.3, -0.25) is 9.59 Å². The van der Waals surface area contributed by atoms with E-state index in [9.17, 15) is 9.59 Å². The third kappa shape index (κ3) is 4.29. The average molecular weight is 257 g/mol. The molecule has 3 atom stereocenters. The first-order valence-electron chi connectivity index (χ1n) is 6.67. The van der Waals surface area contributed by atoms with Crippen LogP contribution in [0, 0.1) is 17.8 Å². The van der Waals surface area contributed by atoms with Crippen LogP contribution in [0.4, 0.5) is 0 Å². The summed E-state index contributed by atoms with van der Waals surface area (Å²) >= 11 is 0. The Morgan fingerprint density at radius 3 is 2.44 bits per heavy atom. The van der Waals surface area contributed by atoms with Crippen LogP contribution in [0.25, 0.3) is 0 Å². The molecule has 0 saturated heterocycles. The molecular weight excluding hydrogens is 234 g/mol. The van der Waals surface area contributed by atoms with Crippen LogP contribution in [-0.4, -0.2) is 35.2 Å². The van der Waals surface area contributed by atoms with E-state index in [2.05, 4.69) is 5.32 Å². The standard InChI is InChI=1S/C13H23NO4/c1-9(6-7-15)8-14-12(16)10-4-2-3-5-11(10)13(17)18/h9-11,15H,2-8H2,1H3,(H,14,16)(H,17,18). The highest BCUT2D eigenvalue weighted by molar-refractivity contribution is 5.84. The van der Waals surface area contributed by atoms with Crippen LogP contribution in [0.2, 0.25) is 0 Å². The predicted octanol–water partition coefficient (Wildman–Crippen LogP) is 1.01. The molecule has 0 heterocycles. The zero-order chi connectivity index (χ0) is 13.5. The monoisotopic (exact) mass is 257 g/mol. The number of hydrogen-bond acceptors (Lipinski definition) is 3. The van der Waals surface area contributed by atoms with Crippen molar-refractivity contribution in [3.63, 3.8) is 0 Å². The van der Waals surface area contributed by atoms with Gasteiger partial charge in [0.1, 0.15) is 0 Å². The van der Waals surface area contributed by atoms with E-state index >= 15 is 0 Å². The third-order valence-corrected chi connectivity index (χ3v) is 3.67. The summed E-state index contributed by atoms with van der Waals surface area (Å²) in [7, 11) is 0. The fourth-order valence-electron chi connectivity index (χ4n) is 2.47. The van der Waals surface area contributed by atoms with E-state index in [1.165, 1.54) is 0 Å². The Morgan fingerprint density at radius 1 is 1.28 bits per heavy atom. The molecule has 5 nitrogen and oxygen atoms in total. The van der Waals surface area contributed by atoms with Crippen molar-refractivity contribution >= 4 is 11.9 Å². The van der Waals surface area contributed by atoms with Gasteiger partial charge in [-0.2, -0.15) is 0 Å². The summed E-state index contributed by atoms with van der Waals surface area (Å²) in [5.74, 6) is -1.72. The summed E-state index contributed by atoms with van der Waals surface area (Å²) in [4.78, 5) is 23.1. The largest absolute Gasteiger partial charge is 0.481 e. The van der Waals surface area contributed by atoms with Crippen molar-refractivity contribution in [2.45, 2.75) is 39.0 Å². The number of rotatable bonds is 6. The number of hydrogen-bond donors (Lipinski definition) is 3. The number of carboxylic acids is 1. The second-order valence-corrected chi connectivity index (χ2v) is 5.20. The lowest BCUT2D eigenvalue weighted by atomic mass is 9.78. The average Bonchev–Trinajstić information content (AvgIpc) is 2.36. The maximum atomic E-state index is 12.0. The van der Waals surface area contributed by atoms with Gasteiger partial charge in [0.15, 0.2) is 0 Å². The SMILES string of the molecule is CC(CCO)CNC(=O)C1CCCCC1C(=O)O. The number of amides is 1. The Hall–Kier alpha value is -1.10. The number of carbonyl (C=O) groups excluding carboxylic acids is 1. The summed E-state index contributed by atoms with van der Waals surface area (Å²) in [6, 6.07) is 0. The second-order valence-electron chi connectivity index (χ2n) is 5.20. The Balaban J connectivity index is 2.45. The van der Waals surface area contributed by atoms with Gasteiger partial charge in [0, 0.05) is 13.2 Å². The Labute approximate surface area is 108 Å². The van der Waals surface area contributed by atoms with Crippen LogP contribution in [-0.2, 0) is 9.59 Å². The van der Waals surface area contributed by atoms with Crippen molar-refractivity contribution in [3.05, 3.63) is 0 Å². The van der Waals surface area contributed by atoms with Gasteiger partial charge in [-0.15, -0.1) is 0 Å². The molecule has 5 heteroatoms. The summed E-state index contributed by atoms with van der Waals surface area (Å²) in [5.41, 5.74) is 0. The molecule has 18 heavy (non-hydrogen) atoms. The molecule has 0 aromatic rings. The number of carboxylic acid groups (broad SMARTS) is 1. The van der Waals surface area contributed by atoms with Gasteiger partial charge in [-0.25, -0.2) is 0 Å².